The summed E-state index contributed by atoms with van der Waals surface area (Å²) in [6.45, 7) is 1.89. The van der Waals surface area contributed by atoms with Crippen molar-refractivity contribution < 1.29 is 18.7 Å². The smallest absolute Gasteiger partial charge is 0.221 e. The third kappa shape index (κ3) is 5.39. The van der Waals surface area contributed by atoms with Crippen LogP contribution in [0, 0.1) is 5.82 Å². The van der Waals surface area contributed by atoms with E-state index in [0.717, 1.165) is 5.56 Å². The number of hydrogen-bond donors (Lipinski definition) is 1. The summed E-state index contributed by atoms with van der Waals surface area (Å²) in [5.74, 6) is 1.54. The first kappa shape index (κ1) is 19.1. The molecule has 134 valence electrons. The van der Waals surface area contributed by atoms with E-state index < -0.39 is 0 Å². The van der Waals surface area contributed by atoms with Gasteiger partial charge in [-0.05, 0) is 37.3 Å². The van der Waals surface area contributed by atoms with E-state index >= 15 is 0 Å². The zero-order valence-corrected chi connectivity index (χ0v) is 15.4. The summed E-state index contributed by atoms with van der Waals surface area (Å²) in [7, 11) is 3.18. The molecule has 0 aliphatic heterocycles. The molecule has 2 rings (SSSR count). The molecule has 0 spiro atoms. The molecule has 0 bridgehead atoms. The van der Waals surface area contributed by atoms with Crippen LogP contribution in [0.2, 0.25) is 0 Å². The van der Waals surface area contributed by atoms with Crippen molar-refractivity contribution in [1.82, 2.24) is 5.32 Å². The fourth-order valence-electron chi connectivity index (χ4n) is 2.38. The van der Waals surface area contributed by atoms with Crippen LogP contribution in [0.4, 0.5) is 4.39 Å². The maximum Gasteiger partial charge on any atom is 0.221 e. The lowest BCUT2D eigenvalue weighted by Crippen LogP contribution is -2.27. The maximum atomic E-state index is 13.6. The van der Waals surface area contributed by atoms with Crippen molar-refractivity contribution in [3.05, 3.63) is 53.8 Å². The van der Waals surface area contributed by atoms with Crippen LogP contribution < -0.4 is 14.8 Å². The predicted octanol–water partition coefficient (Wildman–Crippen LogP) is 4.20. The van der Waals surface area contributed by atoms with Crippen molar-refractivity contribution in [2.24, 2.45) is 0 Å². The average molecular weight is 363 g/mol. The number of carbonyl (C=O) groups is 1. The Kier molecular flexibility index (Phi) is 7.13. The van der Waals surface area contributed by atoms with Crippen LogP contribution in [0.25, 0.3) is 0 Å². The van der Waals surface area contributed by atoms with Crippen LogP contribution in [-0.4, -0.2) is 25.9 Å². The van der Waals surface area contributed by atoms with Gasteiger partial charge in [0, 0.05) is 22.6 Å². The zero-order valence-electron chi connectivity index (χ0n) is 14.5. The molecule has 0 aliphatic carbocycles. The van der Waals surface area contributed by atoms with Crippen molar-refractivity contribution in [2.75, 3.05) is 20.0 Å². The standard InChI is InChI=1S/C19H22FNO3S/c1-13(15-12-14(23-2)8-9-17(15)24-3)21-19(22)10-11-25-18-7-5-4-6-16(18)20/h4-9,12-13H,10-11H2,1-3H3,(H,21,22). The monoisotopic (exact) mass is 363 g/mol. The molecule has 6 heteroatoms. The van der Waals surface area contributed by atoms with E-state index in [9.17, 15) is 9.18 Å². The van der Waals surface area contributed by atoms with Gasteiger partial charge in [-0.2, -0.15) is 0 Å². The topological polar surface area (TPSA) is 47.6 Å². The summed E-state index contributed by atoms with van der Waals surface area (Å²) in [6.07, 6.45) is 0.301. The third-order valence-corrected chi connectivity index (χ3v) is 4.75. The van der Waals surface area contributed by atoms with Gasteiger partial charge in [0.2, 0.25) is 5.91 Å². The first-order valence-corrected chi connectivity index (χ1v) is 8.92. The van der Waals surface area contributed by atoms with Crippen molar-refractivity contribution in [1.29, 1.82) is 0 Å². The van der Waals surface area contributed by atoms with E-state index in [4.69, 9.17) is 9.47 Å². The number of ether oxygens (including phenoxy) is 2. The Balaban J connectivity index is 1.91. The molecule has 2 aromatic rings. The minimum Gasteiger partial charge on any atom is -0.497 e. The number of benzene rings is 2. The lowest BCUT2D eigenvalue weighted by molar-refractivity contribution is -0.121. The van der Waals surface area contributed by atoms with Gasteiger partial charge in [0.05, 0.1) is 20.3 Å². The molecule has 0 fully saturated rings. The van der Waals surface area contributed by atoms with Crippen LogP contribution in [0.1, 0.15) is 24.9 Å². The molecule has 1 N–H and O–H groups in total. The number of rotatable bonds is 8. The van der Waals surface area contributed by atoms with Crippen LogP contribution >= 0.6 is 11.8 Å². The summed E-state index contributed by atoms with van der Waals surface area (Å²) in [4.78, 5) is 12.7. The van der Waals surface area contributed by atoms with Gasteiger partial charge in [0.25, 0.3) is 0 Å². The minimum atomic E-state index is -0.262. The van der Waals surface area contributed by atoms with Gasteiger partial charge in [0.1, 0.15) is 17.3 Å². The molecule has 0 heterocycles. The molecular weight excluding hydrogens is 341 g/mol. The maximum absolute atomic E-state index is 13.6. The quantitative estimate of drug-likeness (QED) is 0.714. The molecule has 25 heavy (non-hydrogen) atoms. The third-order valence-electron chi connectivity index (χ3n) is 3.70. The molecule has 4 nitrogen and oxygen atoms in total. The van der Waals surface area contributed by atoms with Crippen LogP contribution in [0.3, 0.4) is 0 Å². The first-order valence-electron chi connectivity index (χ1n) is 7.93. The predicted molar refractivity (Wildman–Crippen MR) is 97.8 cm³/mol. The van der Waals surface area contributed by atoms with Gasteiger partial charge >= 0.3 is 0 Å². The average Bonchev–Trinajstić information content (AvgIpc) is 2.62. The molecule has 0 saturated heterocycles. The van der Waals surface area contributed by atoms with Gasteiger partial charge in [-0.15, -0.1) is 11.8 Å². The number of amides is 1. The van der Waals surface area contributed by atoms with Crippen molar-refractivity contribution >= 4 is 17.7 Å². The van der Waals surface area contributed by atoms with Crippen molar-refractivity contribution in [2.45, 2.75) is 24.3 Å². The number of hydrogen-bond acceptors (Lipinski definition) is 4. The molecule has 1 atom stereocenters. The number of nitrogens with one attached hydrogen (secondary N) is 1. The van der Waals surface area contributed by atoms with Crippen LogP contribution in [0.5, 0.6) is 11.5 Å². The summed E-state index contributed by atoms with van der Waals surface area (Å²) in [5.41, 5.74) is 0.844. The normalized spacial score (nSPS) is 11.7. The molecule has 0 aliphatic rings. The fraction of sp³-hybridized carbons (Fsp3) is 0.316. The lowest BCUT2D eigenvalue weighted by Gasteiger charge is -2.18. The molecule has 1 amide bonds. The Hall–Kier alpha value is -2.21. The summed E-state index contributed by atoms with van der Waals surface area (Å²) in [6, 6.07) is 11.8. The number of halogens is 1. The second-order valence-corrected chi connectivity index (χ2v) is 6.56. The molecule has 2 aromatic carbocycles. The van der Waals surface area contributed by atoms with Crippen LogP contribution in [-0.2, 0) is 4.79 Å². The molecule has 1 unspecified atom stereocenters. The summed E-state index contributed by atoms with van der Waals surface area (Å²) >= 11 is 1.33. The molecule has 0 aromatic heterocycles. The largest absolute Gasteiger partial charge is 0.497 e. The SMILES string of the molecule is COc1ccc(OC)c(C(C)NC(=O)CCSc2ccccc2F)c1. The number of methoxy groups -OCH3 is 2. The van der Waals surface area contributed by atoms with E-state index in [0.29, 0.717) is 28.6 Å². The zero-order chi connectivity index (χ0) is 18.2. The number of thioether (sulfide) groups is 1. The van der Waals surface area contributed by atoms with E-state index in [2.05, 4.69) is 5.32 Å². The van der Waals surface area contributed by atoms with Gasteiger partial charge in [-0.25, -0.2) is 4.39 Å². The summed E-state index contributed by atoms with van der Waals surface area (Å²) < 4.78 is 24.1. The van der Waals surface area contributed by atoms with Gasteiger partial charge < -0.3 is 14.8 Å². The van der Waals surface area contributed by atoms with E-state index in [-0.39, 0.29) is 17.8 Å². The summed E-state index contributed by atoms with van der Waals surface area (Å²) in [5, 5.41) is 2.94. The minimum absolute atomic E-state index is 0.0961. The van der Waals surface area contributed by atoms with Crippen LogP contribution in [0.15, 0.2) is 47.4 Å². The Bertz CT molecular complexity index is 724. The first-order chi connectivity index (χ1) is 12.0. The molecular formula is C19H22FNO3S. The van der Waals surface area contributed by atoms with Gasteiger partial charge in [0.15, 0.2) is 0 Å². The fourth-order valence-corrected chi connectivity index (χ4v) is 3.27. The Labute approximate surface area is 151 Å². The Morgan fingerprint density at radius 1 is 1.20 bits per heavy atom. The second-order valence-electron chi connectivity index (χ2n) is 5.43. The lowest BCUT2D eigenvalue weighted by atomic mass is 10.1. The highest BCUT2D eigenvalue weighted by molar-refractivity contribution is 7.99. The Morgan fingerprint density at radius 3 is 2.64 bits per heavy atom. The molecule has 0 radical (unpaired) electrons. The van der Waals surface area contributed by atoms with E-state index in [1.807, 2.05) is 25.1 Å². The van der Waals surface area contributed by atoms with Crippen molar-refractivity contribution in [3.63, 3.8) is 0 Å². The van der Waals surface area contributed by atoms with Gasteiger partial charge in [-0.1, -0.05) is 12.1 Å². The number of carbonyl (C=O) groups excluding carboxylic acids is 1. The highest BCUT2D eigenvalue weighted by Gasteiger charge is 2.15. The second kappa shape index (κ2) is 9.32. The van der Waals surface area contributed by atoms with E-state index in [1.54, 1.807) is 32.4 Å². The Morgan fingerprint density at radius 2 is 1.96 bits per heavy atom. The highest BCUT2D eigenvalue weighted by atomic mass is 32.2. The molecule has 0 saturated carbocycles. The van der Waals surface area contributed by atoms with E-state index in [1.165, 1.54) is 17.8 Å². The van der Waals surface area contributed by atoms with Crippen molar-refractivity contribution in [3.8, 4) is 11.5 Å². The highest BCUT2D eigenvalue weighted by Crippen LogP contribution is 2.29. The van der Waals surface area contributed by atoms with Gasteiger partial charge in [-0.3, -0.25) is 4.79 Å².